The Morgan fingerprint density at radius 1 is 1.40 bits per heavy atom. The highest BCUT2D eigenvalue weighted by molar-refractivity contribution is 5.76. The van der Waals surface area contributed by atoms with Crippen LogP contribution in [0.4, 0.5) is 0 Å². The van der Waals surface area contributed by atoms with Crippen LogP contribution in [-0.2, 0) is 17.8 Å². The zero-order valence-corrected chi connectivity index (χ0v) is 11.7. The molecule has 2 aromatic heterocycles. The molecule has 2 aromatic rings. The van der Waals surface area contributed by atoms with Gasteiger partial charge in [0, 0.05) is 30.6 Å². The molecule has 0 aliphatic heterocycles. The molecule has 0 atom stereocenters. The summed E-state index contributed by atoms with van der Waals surface area (Å²) in [7, 11) is 0. The summed E-state index contributed by atoms with van der Waals surface area (Å²) in [6, 6.07) is 5.52. The number of H-pyrrole nitrogens is 1. The molecule has 20 heavy (non-hydrogen) atoms. The number of aryl methyl sites for hydroxylation is 3. The van der Waals surface area contributed by atoms with Gasteiger partial charge in [0.15, 0.2) is 0 Å². The summed E-state index contributed by atoms with van der Waals surface area (Å²) in [6.07, 6.45) is 2.49. The minimum atomic E-state index is -0.145. The second kappa shape index (κ2) is 6.23. The van der Waals surface area contributed by atoms with E-state index >= 15 is 0 Å². The van der Waals surface area contributed by atoms with Crippen molar-refractivity contribution in [2.45, 2.75) is 33.2 Å². The molecular weight excluding hydrogens is 256 g/mol. The maximum Gasteiger partial charge on any atom is 0.253 e. The molecule has 0 saturated carbocycles. The highest BCUT2D eigenvalue weighted by atomic mass is 16.3. The zero-order valence-electron chi connectivity index (χ0n) is 11.7. The Morgan fingerprint density at radius 2 is 2.20 bits per heavy atom. The molecule has 106 valence electrons. The lowest BCUT2D eigenvalue weighted by molar-refractivity contribution is -0.121. The van der Waals surface area contributed by atoms with E-state index in [-0.39, 0.29) is 18.0 Å². The third-order valence-corrected chi connectivity index (χ3v) is 3.13. The van der Waals surface area contributed by atoms with Gasteiger partial charge < -0.3 is 14.7 Å². The van der Waals surface area contributed by atoms with Gasteiger partial charge in [-0.3, -0.25) is 9.59 Å². The molecule has 1 amide bonds. The van der Waals surface area contributed by atoms with E-state index in [2.05, 4.69) is 10.3 Å². The minimum Gasteiger partial charge on any atom is -0.469 e. The summed E-state index contributed by atoms with van der Waals surface area (Å²) in [5.41, 5.74) is 2.16. The van der Waals surface area contributed by atoms with E-state index in [0.29, 0.717) is 18.4 Å². The van der Waals surface area contributed by atoms with Crippen LogP contribution in [0.15, 0.2) is 33.7 Å². The Balaban J connectivity index is 1.89. The van der Waals surface area contributed by atoms with Gasteiger partial charge in [-0.05, 0) is 37.6 Å². The molecule has 2 N–H and O–H groups in total. The number of pyridine rings is 1. The number of aromatic amines is 1. The Labute approximate surface area is 117 Å². The first-order valence-electron chi connectivity index (χ1n) is 6.54. The van der Waals surface area contributed by atoms with E-state index in [1.807, 2.05) is 26.0 Å². The number of hydrogen-bond acceptors (Lipinski definition) is 3. The van der Waals surface area contributed by atoms with Gasteiger partial charge in [-0.2, -0.15) is 0 Å². The van der Waals surface area contributed by atoms with Gasteiger partial charge in [-0.15, -0.1) is 0 Å². The van der Waals surface area contributed by atoms with Crippen LogP contribution in [0.5, 0.6) is 0 Å². The Kier molecular flexibility index (Phi) is 4.40. The number of carbonyl (C=O) groups is 1. The van der Waals surface area contributed by atoms with Crippen LogP contribution in [0, 0.1) is 13.8 Å². The van der Waals surface area contributed by atoms with Crippen molar-refractivity contribution in [1.82, 2.24) is 10.3 Å². The Hall–Kier alpha value is -2.30. The highest BCUT2D eigenvalue weighted by Gasteiger charge is 2.08. The zero-order chi connectivity index (χ0) is 14.5. The van der Waals surface area contributed by atoms with E-state index in [0.717, 1.165) is 17.0 Å². The first-order chi connectivity index (χ1) is 9.56. The fourth-order valence-corrected chi connectivity index (χ4v) is 2.07. The van der Waals surface area contributed by atoms with Crippen LogP contribution in [0.2, 0.25) is 0 Å². The molecule has 0 aliphatic rings. The third-order valence-electron chi connectivity index (χ3n) is 3.13. The van der Waals surface area contributed by atoms with Crippen molar-refractivity contribution in [2.75, 3.05) is 0 Å². The number of hydrogen-bond donors (Lipinski definition) is 2. The van der Waals surface area contributed by atoms with Gasteiger partial charge in [0.2, 0.25) is 5.91 Å². The molecule has 2 heterocycles. The molecule has 0 fully saturated rings. The van der Waals surface area contributed by atoms with E-state index in [1.54, 1.807) is 12.3 Å². The topological polar surface area (TPSA) is 75.1 Å². The molecule has 2 rings (SSSR count). The molecule has 5 nitrogen and oxygen atoms in total. The summed E-state index contributed by atoms with van der Waals surface area (Å²) in [6.45, 7) is 3.95. The summed E-state index contributed by atoms with van der Waals surface area (Å²) >= 11 is 0. The average Bonchev–Trinajstić information content (AvgIpc) is 2.88. The number of amides is 1. The molecule has 0 saturated heterocycles. The molecule has 0 bridgehead atoms. The summed E-state index contributed by atoms with van der Waals surface area (Å²) < 4.78 is 5.16. The van der Waals surface area contributed by atoms with Crippen LogP contribution in [-0.4, -0.2) is 10.9 Å². The first-order valence-corrected chi connectivity index (χ1v) is 6.54. The van der Waals surface area contributed by atoms with Crippen LogP contribution in [0.3, 0.4) is 0 Å². The quantitative estimate of drug-likeness (QED) is 0.873. The minimum absolute atomic E-state index is 0.0965. The lowest BCUT2D eigenvalue weighted by atomic mass is 10.1. The molecule has 5 heteroatoms. The van der Waals surface area contributed by atoms with Crippen LogP contribution in [0.1, 0.15) is 29.0 Å². The number of nitrogens with one attached hydrogen (secondary N) is 2. The molecule has 0 aliphatic carbocycles. The molecule has 0 unspecified atom stereocenters. The Morgan fingerprint density at radius 3 is 2.85 bits per heavy atom. The average molecular weight is 274 g/mol. The summed E-state index contributed by atoms with van der Waals surface area (Å²) in [4.78, 5) is 26.3. The molecule has 0 aromatic carbocycles. The Bertz CT molecular complexity index is 642. The fourth-order valence-electron chi connectivity index (χ4n) is 2.07. The summed E-state index contributed by atoms with van der Waals surface area (Å²) in [5.74, 6) is 0.685. The monoisotopic (exact) mass is 274 g/mol. The highest BCUT2D eigenvalue weighted by Crippen LogP contribution is 2.05. The summed E-state index contributed by atoms with van der Waals surface area (Å²) in [5, 5.41) is 2.76. The van der Waals surface area contributed by atoms with Crippen molar-refractivity contribution in [2.24, 2.45) is 0 Å². The lowest BCUT2D eigenvalue weighted by Crippen LogP contribution is -2.28. The van der Waals surface area contributed by atoms with Crippen molar-refractivity contribution >= 4 is 5.91 Å². The standard InChI is InChI=1S/C15H18N2O3/c1-10-8-11(2)17-15(19)13(10)9-16-14(18)6-5-12-4-3-7-20-12/h3-4,7-8H,5-6,9H2,1-2H3,(H,16,18)(H,17,19). The van der Waals surface area contributed by atoms with Gasteiger partial charge >= 0.3 is 0 Å². The lowest BCUT2D eigenvalue weighted by Gasteiger charge is -2.07. The van der Waals surface area contributed by atoms with E-state index in [9.17, 15) is 9.59 Å². The smallest absolute Gasteiger partial charge is 0.253 e. The van der Waals surface area contributed by atoms with Crippen LogP contribution >= 0.6 is 0 Å². The van der Waals surface area contributed by atoms with Crippen molar-refractivity contribution in [3.8, 4) is 0 Å². The van der Waals surface area contributed by atoms with Crippen molar-refractivity contribution in [1.29, 1.82) is 0 Å². The van der Waals surface area contributed by atoms with Gasteiger partial charge in [0.1, 0.15) is 5.76 Å². The number of aromatic nitrogens is 1. The maximum absolute atomic E-state index is 11.8. The second-order valence-electron chi connectivity index (χ2n) is 4.80. The van der Waals surface area contributed by atoms with Crippen LogP contribution < -0.4 is 10.9 Å². The van der Waals surface area contributed by atoms with E-state index < -0.39 is 0 Å². The largest absolute Gasteiger partial charge is 0.469 e. The van der Waals surface area contributed by atoms with Gasteiger partial charge in [0.25, 0.3) is 5.56 Å². The van der Waals surface area contributed by atoms with Gasteiger partial charge in [0.05, 0.1) is 6.26 Å². The predicted molar refractivity (Wildman–Crippen MR) is 75.4 cm³/mol. The van der Waals surface area contributed by atoms with Crippen LogP contribution in [0.25, 0.3) is 0 Å². The van der Waals surface area contributed by atoms with Gasteiger partial charge in [-0.1, -0.05) is 0 Å². The first kappa shape index (κ1) is 14.1. The third kappa shape index (κ3) is 3.60. The van der Waals surface area contributed by atoms with Crippen molar-refractivity contribution in [3.63, 3.8) is 0 Å². The number of furan rings is 1. The molecular formula is C15H18N2O3. The SMILES string of the molecule is Cc1cc(C)c(CNC(=O)CCc2ccco2)c(=O)[nH]1. The van der Waals surface area contributed by atoms with E-state index in [1.165, 1.54) is 0 Å². The molecule has 0 spiro atoms. The van der Waals surface area contributed by atoms with E-state index in [4.69, 9.17) is 4.42 Å². The normalized spacial score (nSPS) is 10.5. The van der Waals surface area contributed by atoms with Gasteiger partial charge in [-0.25, -0.2) is 0 Å². The second-order valence-corrected chi connectivity index (χ2v) is 4.80. The van der Waals surface area contributed by atoms with Crippen molar-refractivity contribution in [3.05, 3.63) is 57.4 Å². The number of rotatable bonds is 5. The predicted octanol–water partition coefficient (Wildman–Crippen LogP) is 1.83. The molecule has 0 radical (unpaired) electrons. The van der Waals surface area contributed by atoms with Crippen molar-refractivity contribution < 1.29 is 9.21 Å². The maximum atomic E-state index is 11.8. The number of carbonyl (C=O) groups excluding carboxylic acids is 1. The fraction of sp³-hybridized carbons (Fsp3) is 0.333.